The summed E-state index contributed by atoms with van der Waals surface area (Å²) in [7, 11) is 0. The van der Waals surface area contributed by atoms with Crippen LogP contribution in [0.15, 0.2) is 59.6 Å². The molecule has 0 bridgehead atoms. The topological polar surface area (TPSA) is 201 Å². The normalized spacial score (nSPS) is 28.1. The standard InChI is InChI=1S/C29H34N8O5/c1-27(2,16-8-4-3-5-9-16)18-11-7-6-10-17(18)24(40)33-20-15-37-26(31)32-19(14-36-21(38)12-13-22(36)39)23-28(37,29(20,41)42)35-25(30)34-23/h3-11,19-20,23,41-42H,12-15H2,1-2H3,(H2,31,32)(H,33,40)(H3,30,34,35)/p+1/t19-,20?,23-,28?/m0/s1. The van der Waals surface area contributed by atoms with Gasteiger partial charge in [0.1, 0.15) is 12.1 Å². The number of guanidine groups is 2. The van der Waals surface area contributed by atoms with E-state index in [1.807, 2.05) is 56.3 Å². The minimum Gasteiger partial charge on any atom is -0.370 e. The highest BCUT2D eigenvalue weighted by molar-refractivity contribution is 6.02. The highest BCUT2D eigenvalue weighted by Crippen LogP contribution is 2.42. The van der Waals surface area contributed by atoms with Crippen molar-refractivity contribution < 1.29 is 29.6 Å². The minimum atomic E-state index is -2.62. The molecule has 0 aliphatic carbocycles. The van der Waals surface area contributed by atoms with Crippen LogP contribution in [0.2, 0.25) is 0 Å². The molecule has 220 valence electrons. The van der Waals surface area contributed by atoms with Gasteiger partial charge in [-0.25, -0.2) is 10.3 Å². The summed E-state index contributed by atoms with van der Waals surface area (Å²) in [6.07, 6.45) is 0.209. The number of aliphatic imine (C=N–C) groups is 1. The molecule has 0 saturated carbocycles. The molecule has 3 amide bonds. The number of nitrogens with zero attached hydrogens (tertiary/aromatic N) is 3. The van der Waals surface area contributed by atoms with E-state index >= 15 is 0 Å². The van der Waals surface area contributed by atoms with Gasteiger partial charge in [0.25, 0.3) is 11.6 Å². The third kappa shape index (κ3) is 3.95. The van der Waals surface area contributed by atoms with Crippen molar-refractivity contribution in [3.8, 4) is 0 Å². The van der Waals surface area contributed by atoms with Crippen molar-refractivity contribution in [1.82, 2.24) is 20.4 Å². The summed E-state index contributed by atoms with van der Waals surface area (Å²) in [5.41, 5.74) is 12.4. The number of rotatable bonds is 6. The fourth-order valence-corrected chi connectivity index (χ4v) is 6.81. The van der Waals surface area contributed by atoms with Crippen molar-refractivity contribution in [3.63, 3.8) is 0 Å². The third-order valence-corrected chi connectivity index (χ3v) is 9.05. The van der Waals surface area contributed by atoms with Crippen LogP contribution in [0, 0.1) is 0 Å². The first-order valence-corrected chi connectivity index (χ1v) is 13.9. The summed E-state index contributed by atoms with van der Waals surface area (Å²) in [5, 5.41) is 29.4. The number of hydrogen-bond acceptors (Lipinski definition) is 10. The Hall–Kier alpha value is -4.49. The molecule has 1 spiro atoms. The van der Waals surface area contributed by atoms with Crippen molar-refractivity contribution in [2.24, 2.45) is 16.5 Å². The lowest BCUT2D eigenvalue weighted by atomic mass is 9.76. The molecule has 4 aliphatic rings. The molecule has 13 heteroatoms. The second-order valence-electron chi connectivity index (χ2n) is 11.8. The number of benzene rings is 2. The number of carbonyl (C=O) groups excluding carboxylic acids is 3. The first-order valence-electron chi connectivity index (χ1n) is 13.9. The molecular formula is C29H35N8O5+. The Balaban J connectivity index is 1.31. The number of amides is 3. The quantitative estimate of drug-likeness (QED) is 0.139. The first kappa shape index (κ1) is 27.7. The van der Waals surface area contributed by atoms with E-state index in [0.29, 0.717) is 5.56 Å². The molecule has 2 aromatic carbocycles. The second-order valence-corrected chi connectivity index (χ2v) is 11.8. The first-order chi connectivity index (χ1) is 19.9. The molecule has 2 aromatic rings. The summed E-state index contributed by atoms with van der Waals surface area (Å²) in [6.45, 7) is 3.83. The van der Waals surface area contributed by atoms with E-state index < -0.39 is 40.9 Å². The number of aliphatic hydroxyl groups is 2. The molecule has 4 atom stereocenters. The van der Waals surface area contributed by atoms with Gasteiger partial charge in [0.15, 0.2) is 12.0 Å². The smallest absolute Gasteiger partial charge is 0.343 e. The highest BCUT2D eigenvalue weighted by Gasteiger charge is 2.76. The number of likely N-dealkylation sites (tertiary alicyclic amines) is 1. The van der Waals surface area contributed by atoms with Crippen molar-refractivity contribution in [2.75, 3.05) is 13.1 Å². The van der Waals surface area contributed by atoms with E-state index in [1.54, 1.807) is 12.1 Å². The molecule has 9 N–H and O–H groups in total. The summed E-state index contributed by atoms with van der Waals surface area (Å²) >= 11 is 0. The summed E-state index contributed by atoms with van der Waals surface area (Å²) in [4.78, 5) is 48.6. The van der Waals surface area contributed by atoms with Crippen LogP contribution in [-0.2, 0) is 15.0 Å². The van der Waals surface area contributed by atoms with Crippen LogP contribution in [-0.4, -0.2) is 92.3 Å². The van der Waals surface area contributed by atoms with Crippen LogP contribution >= 0.6 is 0 Å². The molecule has 2 unspecified atom stereocenters. The zero-order valence-corrected chi connectivity index (χ0v) is 23.4. The Kier molecular flexibility index (Phi) is 6.28. The molecule has 4 aliphatic heterocycles. The molecule has 2 saturated heterocycles. The maximum Gasteiger partial charge on any atom is 0.343 e. The van der Waals surface area contributed by atoms with Crippen LogP contribution in [0.5, 0.6) is 0 Å². The monoisotopic (exact) mass is 575 g/mol. The van der Waals surface area contributed by atoms with Gasteiger partial charge in [-0.1, -0.05) is 62.4 Å². The summed E-state index contributed by atoms with van der Waals surface area (Å²) in [5.74, 6) is -3.80. The second kappa shape index (κ2) is 9.53. The lowest BCUT2D eigenvalue weighted by Gasteiger charge is -2.46. The van der Waals surface area contributed by atoms with E-state index in [0.717, 1.165) is 16.0 Å². The van der Waals surface area contributed by atoms with Gasteiger partial charge >= 0.3 is 5.96 Å². The molecule has 4 heterocycles. The van der Waals surface area contributed by atoms with Gasteiger partial charge in [0.05, 0.1) is 13.1 Å². The van der Waals surface area contributed by atoms with Crippen molar-refractivity contribution in [2.45, 2.75) is 61.7 Å². The van der Waals surface area contributed by atoms with Gasteiger partial charge in [0, 0.05) is 23.8 Å². The van der Waals surface area contributed by atoms with Crippen LogP contribution < -0.4 is 27.1 Å². The van der Waals surface area contributed by atoms with E-state index in [2.05, 4.69) is 20.6 Å². The summed E-state index contributed by atoms with van der Waals surface area (Å²) in [6, 6.07) is 14.0. The third-order valence-electron chi connectivity index (χ3n) is 9.05. The van der Waals surface area contributed by atoms with Crippen molar-refractivity contribution in [1.29, 1.82) is 0 Å². The highest BCUT2D eigenvalue weighted by atomic mass is 16.5. The minimum absolute atomic E-state index is 0.0355. The largest absolute Gasteiger partial charge is 0.370 e. The number of imide groups is 1. The maximum absolute atomic E-state index is 13.8. The lowest BCUT2D eigenvalue weighted by molar-refractivity contribution is -0.521. The van der Waals surface area contributed by atoms with Crippen LogP contribution in [0.25, 0.3) is 0 Å². The number of nitrogens with one attached hydrogen (secondary N) is 3. The fourth-order valence-electron chi connectivity index (χ4n) is 6.81. The van der Waals surface area contributed by atoms with E-state index in [4.69, 9.17) is 11.5 Å². The van der Waals surface area contributed by atoms with Gasteiger partial charge in [-0.15, -0.1) is 0 Å². The zero-order valence-electron chi connectivity index (χ0n) is 23.4. The van der Waals surface area contributed by atoms with E-state index in [-0.39, 0.29) is 49.7 Å². The van der Waals surface area contributed by atoms with Gasteiger partial charge in [-0.3, -0.25) is 34.9 Å². The molecular weight excluding hydrogens is 540 g/mol. The molecule has 13 nitrogen and oxygen atoms in total. The Labute approximate surface area is 242 Å². The predicted octanol–water partition coefficient (Wildman–Crippen LogP) is -2.98. The number of hydrogen-bond donors (Lipinski definition) is 7. The molecule has 0 aromatic heterocycles. The van der Waals surface area contributed by atoms with Crippen molar-refractivity contribution in [3.05, 3.63) is 71.3 Å². The summed E-state index contributed by atoms with van der Waals surface area (Å²) < 4.78 is 0. The molecule has 0 radical (unpaired) electrons. The Morgan fingerprint density at radius 2 is 1.74 bits per heavy atom. The fraction of sp³-hybridized carbons (Fsp3) is 0.414. The maximum atomic E-state index is 13.8. The van der Waals surface area contributed by atoms with Gasteiger partial charge < -0.3 is 21.3 Å². The van der Waals surface area contributed by atoms with E-state index in [9.17, 15) is 24.6 Å². The van der Waals surface area contributed by atoms with E-state index in [1.165, 1.54) is 4.90 Å². The Bertz CT molecular complexity index is 1510. The van der Waals surface area contributed by atoms with Gasteiger partial charge in [-0.05, 0) is 17.2 Å². The van der Waals surface area contributed by atoms with Crippen molar-refractivity contribution >= 4 is 29.6 Å². The molecule has 6 rings (SSSR count). The lowest BCUT2D eigenvalue weighted by Crippen LogP contribution is -2.90. The Morgan fingerprint density at radius 1 is 1.10 bits per heavy atom. The van der Waals surface area contributed by atoms with Crippen LogP contribution in [0.1, 0.15) is 48.2 Å². The zero-order chi connectivity index (χ0) is 30.0. The Morgan fingerprint density at radius 3 is 2.43 bits per heavy atom. The average molecular weight is 576 g/mol. The SMILES string of the molecule is CC(C)(c1ccccc1)c1ccccc1C(=O)NC1CN2C(N)=N[C@@H](CN3C(=O)CCC3=O)[C@@H]3[NH+]=C(N)NC32C1(O)O. The van der Waals surface area contributed by atoms with Gasteiger partial charge in [0.2, 0.25) is 17.6 Å². The molecule has 42 heavy (non-hydrogen) atoms. The predicted molar refractivity (Wildman–Crippen MR) is 151 cm³/mol. The van der Waals surface area contributed by atoms with Crippen LogP contribution in [0.3, 0.4) is 0 Å². The van der Waals surface area contributed by atoms with Crippen LogP contribution in [0.4, 0.5) is 0 Å². The number of nitrogens with two attached hydrogens (primary N) is 2. The molecule has 2 fully saturated rings. The van der Waals surface area contributed by atoms with Gasteiger partial charge in [-0.2, -0.15) is 0 Å². The average Bonchev–Trinajstić information content (AvgIpc) is 3.56. The number of carbonyl (C=O) groups is 3.